The van der Waals surface area contributed by atoms with Gasteiger partial charge in [0.15, 0.2) is 5.96 Å². The lowest BCUT2D eigenvalue weighted by atomic mass is 10.0. The number of nitrogens with zero attached hydrogens (tertiary/aromatic N) is 1. The van der Waals surface area contributed by atoms with Crippen molar-refractivity contribution in [1.29, 1.82) is 0 Å². The number of carbonyl (C=O) groups excluding carboxylic acids is 8. The van der Waals surface area contributed by atoms with E-state index in [9.17, 15) is 73.2 Å². The van der Waals surface area contributed by atoms with Gasteiger partial charge in [0.1, 0.15) is 48.3 Å². The molecule has 0 aliphatic rings. The highest BCUT2D eigenvalue weighted by Gasteiger charge is 2.35. The second kappa shape index (κ2) is 30.4. The minimum atomic E-state index is -1.97. The molecule has 72 heavy (non-hydrogen) atoms. The van der Waals surface area contributed by atoms with Gasteiger partial charge >= 0.3 is 17.9 Å². The fraction of sp³-hybridized carbons (Fsp3) is 0.467. The number of rotatable bonds is 31. The molecule has 27 nitrogen and oxygen atoms in total. The Hall–Kier alpha value is -8.20. The third-order valence-electron chi connectivity index (χ3n) is 10.5. The summed E-state index contributed by atoms with van der Waals surface area (Å²) < 4.78 is 0. The Bertz CT molecular complexity index is 2250. The lowest BCUT2D eigenvalue weighted by molar-refractivity contribution is -0.143. The predicted octanol–water partition coefficient (Wildman–Crippen LogP) is -4.79. The molecular weight excluding hydrogens is 949 g/mol. The fourth-order valence-electron chi connectivity index (χ4n) is 6.45. The largest absolute Gasteiger partial charge is 0.481 e. The molecule has 2 aromatic rings. The van der Waals surface area contributed by atoms with E-state index in [1.807, 2.05) is 0 Å². The smallest absolute Gasteiger partial charge is 0.326 e. The zero-order valence-electron chi connectivity index (χ0n) is 39.8. The zero-order chi connectivity index (χ0) is 54.1. The minimum absolute atomic E-state index is 0.0215. The van der Waals surface area contributed by atoms with Crippen LogP contribution in [0.1, 0.15) is 64.0 Å². The van der Waals surface area contributed by atoms with Gasteiger partial charge in [0.25, 0.3) is 0 Å². The molecule has 0 saturated carbocycles. The Morgan fingerprint density at radius 2 is 0.986 bits per heavy atom. The summed E-state index contributed by atoms with van der Waals surface area (Å²) in [5, 5.41) is 57.2. The van der Waals surface area contributed by atoms with Crippen molar-refractivity contribution in [3.05, 3.63) is 71.8 Å². The molecule has 8 amide bonds. The molecule has 0 unspecified atom stereocenters. The predicted molar refractivity (Wildman–Crippen MR) is 254 cm³/mol. The Morgan fingerprint density at radius 1 is 0.542 bits per heavy atom. The van der Waals surface area contributed by atoms with Crippen LogP contribution in [-0.2, 0) is 65.6 Å². The van der Waals surface area contributed by atoms with E-state index in [1.165, 1.54) is 20.8 Å². The van der Waals surface area contributed by atoms with Gasteiger partial charge in [0, 0.05) is 25.8 Å². The summed E-state index contributed by atoms with van der Waals surface area (Å²) in [6.45, 7) is 3.20. The maximum Gasteiger partial charge on any atom is 0.326 e. The number of carbonyl (C=O) groups is 11. The minimum Gasteiger partial charge on any atom is -0.481 e. The van der Waals surface area contributed by atoms with E-state index in [0.717, 1.165) is 0 Å². The van der Waals surface area contributed by atoms with Gasteiger partial charge in [-0.25, -0.2) is 4.79 Å². The van der Waals surface area contributed by atoms with Gasteiger partial charge in [-0.15, -0.1) is 0 Å². The average Bonchev–Trinajstić information content (AvgIpc) is 3.31. The normalized spacial score (nSPS) is 14.5. The van der Waals surface area contributed by atoms with E-state index >= 15 is 0 Å². The van der Waals surface area contributed by atoms with Gasteiger partial charge in [-0.3, -0.25) is 52.9 Å². The Balaban J connectivity index is 2.35. The molecule has 2 aromatic carbocycles. The highest BCUT2D eigenvalue weighted by atomic mass is 16.4. The molecule has 27 heteroatoms. The van der Waals surface area contributed by atoms with E-state index < -0.39 is 145 Å². The first-order valence-corrected chi connectivity index (χ1v) is 22.5. The molecule has 0 aliphatic heterocycles. The van der Waals surface area contributed by atoms with Crippen LogP contribution in [0.25, 0.3) is 0 Å². The molecular formula is C45H64N12O15. The second-order valence-electron chi connectivity index (χ2n) is 16.5. The summed E-state index contributed by atoms with van der Waals surface area (Å²) in [6.07, 6.45) is -4.13. The number of carboxylic acid groups (broad SMARTS) is 3. The molecule has 2 rings (SSSR count). The molecule has 0 heterocycles. The number of aliphatic imine (C=N–C) groups is 1. The van der Waals surface area contributed by atoms with Crippen LogP contribution in [0.3, 0.4) is 0 Å². The molecule has 0 fully saturated rings. The molecule has 0 aliphatic carbocycles. The third kappa shape index (κ3) is 22.5. The van der Waals surface area contributed by atoms with Crippen LogP contribution < -0.4 is 59.7 Å². The van der Waals surface area contributed by atoms with Crippen molar-refractivity contribution in [2.45, 2.75) is 120 Å². The van der Waals surface area contributed by atoms with Crippen LogP contribution in [0.15, 0.2) is 65.7 Å². The van der Waals surface area contributed by atoms with Gasteiger partial charge in [0.2, 0.25) is 47.3 Å². The van der Waals surface area contributed by atoms with Gasteiger partial charge in [-0.2, -0.15) is 0 Å². The van der Waals surface area contributed by atoms with Crippen LogP contribution in [-0.4, -0.2) is 159 Å². The molecule has 0 spiro atoms. The number of aliphatic carboxylic acids is 3. The second-order valence-corrected chi connectivity index (χ2v) is 16.5. The van der Waals surface area contributed by atoms with E-state index in [-0.39, 0.29) is 38.2 Å². The quantitative estimate of drug-likeness (QED) is 0.0191. The summed E-state index contributed by atoms with van der Waals surface area (Å²) in [6, 6.07) is 4.02. The number of carboxylic acids is 3. The van der Waals surface area contributed by atoms with Crippen molar-refractivity contribution in [1.82, 2.24) is 42.5 Å². The number of hydrogen-bond acceptors (Lipinski definition) is 14. The topological polar surface area (TPSA) is 455 Å². The summed E-state index contributed by atoms with van der Waals surface area (Å²) >= 11 is 0. The lowest BCUT2D eigenvalue weighted by Crippen LogP contribution is -2.60. The lowest BCUT2D eigenvalue weighted by Gasteiger charge is -2.27. The first-order chi connectivity index (χ1) is 33.9. The van der Waals surface area contributed by atoms with E-state index in [2.05, 4.69) is 47.5 Å². The number of amides is 8. The Morgan fingerprint density at radius 3 is 1.50 bits per heavy atom. The van der Waals surface area contributed by atoms with Gasteiger partial charge in [0.05, 0.1) is 19.1 Å². The van der Waals surface area contributed by atoms with Crippen molar-refractivity contribution >= 4 is 71.1 Å². The summed E-state index contributed by atoms with van der Waals surface area (Å²) in [4.78, 5) is 146. The molecule has 0 radical (unpaired) electrons. The summed E-state index contributed by atoms with van der Waals surface area (Å²) in [5.41, 5.74) is 17.4. The molecule has 9 atom stereocenters. The van der Waals surface area contributed by atoms with Crippen LogP contribution in [0.2, 0.25) is 0 Å². The number of hydrogen-bond donors (Lipinski definition) is 15. The maximum atomic E-state index is 14.1. The molecule has 0 aromatic heterocycles. The van der Waals surface area contributed by atoms with Gasteiger partial charge in [-0.05, 0) is 51.2 Å². The van der Waals surface area contributed by atoms with Crippen LogP contribution in [0.5, 0.6) is 0 Å². The number of nitrogens with two attached hydrogens (primary N) is 3. The number of aliphatic hydroxyl groups is 1. The molecule has 0 bridgehead atoms. The van der Waals surface area contributed by atoms with Crippen molar-refractivity contribution in [2.75, 3.05) is 13.1 Å². The highest BCUT2D eigenvalue weighted by Crippen LogP contribution is 2.10. The number of benzene rings is 2. The molecule has 0 saturated heterocycles. The van der Waals surface area contributed by atoms with Crippen molar-refractivity contribution < 1.29 is 73.2 Å². The van der Waals surface area contributed by atoms with Crippen LogP contribution in [0, 0.1) is 0 Å². The summed E-state index contributed by atoms with van der Waals surface area (Å²) in [7, 11) is 0. The van der Waals surface area contributed by atoms with E-state index in [4.69, 9.17) is 17.2 Å². The fourth-order valence-corrected chi connectivity index (χ4v) is 6.45. The standard InChI is InChI=1S/C45H64N12O15/c1-23(51-33(59)22-50-43(70)36(46)25(3)58)37(64)52-24(2)38(65)53-28(15-10-18-49-45(47)48)39(66)55-30(19-26-11-6-4-7-12-26)41(68)56-31(21-35(62)63)42(69)54-29(16-17-34(60)61)40(67)57-32(44(71)72)20-27-13-8-5-9-14-27/h4-9,11-14,23-25,28-32,36,58H,10,15-22,46H2,1-3H3,(H,50,70)(H,51,59)(H,52,64)(H,53,65)(H,54,69)(H,55,66)(H,56,68)(H,57,67)(H,60,61)(H,62,63)(H,71,72)(H4,47,48,49)/t23-,24-,25+,28-,29-,30-,31-,32-,36-/m0/s1. The van der Waals surface area contributed by atoms with Gasteiger partial charge in [-0.1, -0.05) is 60.7 Å². The van der Waals surface area contributed by atoms with Crippen molar-refractivity contribution in [3.8, 4) is 0 Å². The SMILES string of the molecule is C[C@H](NC(=O)CNC(=O)[C@@H](N)[C@@H](C)O)C(=O)N[C@@H](C)C(=O)N[C@@H](CCCN=C(N)N)C(=O)N[C@@H](Cc1ccccc1)C(=O)N[C@@H](CC(=O)O)C(=O)N[C@@H](CCC(=O)O)C(=O)N[C@@H](Cc1ccccc1)C(=O)O. The number of aliphatic hydroxyl groups excluding tert-OH is 1. The number of nitrogens with one attached hydrogen (secondary N) is 8. The van der Waals surface area contributed by atoms with Gasteiger partial charge < -0.3 is 80.2 Å². The first kappa shape index (κ1) is 59.9. The monoisotopic (exact) mass is 1010 g/mol. The van der Waals surface area contributed by atoms with Crippen molar-refractivity contribution in [3.63, 3.8) is 0 Å². The van der Waals surface area contributed by atoms with E-state index in [1.54, 1.807) is 60.7 Å². The van der Waals surface area contributed by atoms with Crippen LogP contribution in [0.4, 0.5) is 0 Å². The Kier molecular flexibility index (Phi) is 25.3. The molecule has 18 N–H and O–H groups in total. The average molecular weight is 1010 g/mol. The third-order valence-corrected chi connectivity index (χ3v) is 10.5. The Labute approximate surface area is 413 Å². The zero-order valence-corrected chi connectivity index (χ0v) is 39.8. The highest BCUT2D eigenvalue weighted by molar-refractivity contribution is 5.98. The molecule has 394 valence electrons. The number of guanidine groups is 1. The van der Waals surface area contributed by atoms with E-state index in [0.29, 0.717) is 11.1 Å². The summed E-state index contributed by atoms with van der Waals surface area (Å²) in [5.74, 6) is -12.6. The first-order valence-electron chi connectivity index (χ1n) is 22.5. The van der Waals surface area contributed by atoms with Crippen molar-refractivity contribution in [2.24, 2.45) is 22.2 Å². The van der Waals surface area contributed by atoms with Crippen LogP contribution >= 0.6 is 0 Å². The maximum absolute atomic E-state index is 14.1.